The molecular weight excluding hydrogens is 476 g/mol. The lowest BCUT2D eigenvalue weighted by molar-refractivity contribution is -0.387. The molecule has 0 radical (unpaired) electrons. The Labute approximate surface area is 201 Å². The zero-order valence-electron chi connectivity index (χ0n) is 19.0. The van der Waals surface area contributed by atoms with Crippen molar-refractivity contribution in [2.75, 3.05) is 18.7 Å². The van der Waals surface area contributed by atoms with Crippen molar-refractivity contribution in [2.45, 2.75) is 17.9 Å². The molecule has 0 saturated carbocycles. The Bertz CT molecular complexity index is 1390. The minimum atomic E-state index is -3.91. The third kappa shape index (κ3) is 6.01. The summed E-state index contributed by atoms with van der Waals surface area (Å²) in [7, 11) is -2.47. The second-order valence-electron chi connectivity index (χ2n) is 7.60. The topological polar surface area (TPSA) is 142 Å². The number of hydrogen-bond donors (Lipinski definition) is 1. The Kier molecular flexibility index (Phi) is 7.50. The first kappa shape index (κ1) is 25.4. The van der Waals surface area contributed by atoms with Crippen LogP contribution in [0.3, 0.4) is 0 Å². The fourth-order valence-electron chi connectivity index (χ4n) is 3.29. The number of benzene rings is 3. The van der Waals surface area contributed by atoms with E-state index in [1.807, 2.05) is 6.92 Å². The molecule has 1 atom stereocenters. The van der Waals surface area contributed by atoms with Crippen LogP contribution in [-0.4, -0.2) is 38.6 Å². The fourth-order valence-corrected chi connectivity index (χ4v) is 4.12. The zero-order chi connectivity index (χ0) is 25.8. The van der Waals surface area contributed by atoms with E-state index in [1.54, 1.807) is 48.5 Å². The molecule has 0 spiro atoms. The molecule has 1 unspecified atom stereocenters. The standard InChI is InChI=1S/C24H22N2O8S/c1-15-9-11-20(33-2)18(13-15)25-23(27)22(16-7-5-4-6-8-16)34-24(28)17-10-12-21(35(3,31)32)19(14-17)26(29)30/h4-14,22H,1-3H3,(H,25,27). The summed E-state index contributed by atoms with van der Waals surface area (Å²) in [5.41, 5.74) is 0.514. The summed E-state index contributed by atoms with van der Waals surface area (Å²) in [5, 5.41) is 14.1. The first-order chi connectivity index (χ1) is 16.5. The number of methoxy groups -OCH3 is 1. The van der Waals surface area contributed by atoms with Gasteiger partial charge in [0.15, 0.2) is 9.84 Å². The van der Waals surface area contributed by atoms with E-state index in [4.69, 9.17) is 9.47 Å². The van der Waals surface area contributed by atoms with Gasteiger partial charge in [0.05, 0.1) is 23.3 Å². The van der Waals surface area contributed by atoms with Crippen molar-refractivity contribution in [1.29, 1.82) is 0 Å². The molecule has 3 rings (SSSR count). The molecule has 10 nitrogen and oxygen atoms in total. The number of nitrogens with one attached hydrogen (secondary N) is 1. The summed E-state index contributed by atoms with van der Waals surface area (Å²) in [5.74, 6) is -1.34. The van der Waals surface area contributed by atoms with Gasteiger partial charge in [0.1, 0.15) is 10.6 Å². The Morgan fingerprint density at radius 2 is 1.71 bits per heavy atom. The Morgan fingerprint density at radius 1 is 1.03 bits per heavy atom. The van der Waals surface area contributed by atoms with Crippen molar-refractivity contribution in [3.05, 3.63) is 93.5 Å². The lowest BCUT2D eigenvalue weighted by atomic mass is 10.1. The number of esters is 1. The molecule has 0 bridgehead atoms. The number of hydrogen-bond acceptors (Lipinski definition) is 8. The van der Waals surface area contributed by atoms with E-state index in [2.05, 4.69) is 5.32 Å². The summed E-state index contributed by atoms with van der Waals surface area (Å²) in [6.07, 6.45) is -0.592. The summed E-state index contributed by atoms with van der Waals surface area (Å²) >= 11 is 0. The number of ether oxygens (including phenoxy) is 2. The van der Waals surface area contributed by atoms with Gasteiger partial charge in [-0.25, -0.2) is 13.2 Å². The summed E-state index contributed by atoms with van der Waals surface area (Å²) < 4.78 is 34.4. The molecule has 0 aliphatic heterocycles. The van der Waals surface area contributed by atoms with E-state index >= 15 is 0 Å². The SMILES string of the molecule is COc1ccc(C)cc1NC(=O)C(OC(=O)c1ccc(S(C)(=O)=O)c([N+](=O)[O-])c1)c1ccccc1. The van der Waals surface area contributed by atoms with Gasteiger partial charge in [-0.2, -0.15) is 0 Å². The number of nitro groups is 1. The molecule has 0 aliphatic carbocycles. The number of carbonyl (C=O) groups is 2. The fraction of sp³-hybridized carbons (Fsp3) is 0.167. The van der Waals surface area contributed by atoms with Gasteiger partial charge >= 0.3 is 5.97 Å². The van der Waals surface area contributed by atoms with Crippen LogP contribution < -0.4 is 10.1 Å². The van der Waals surface area contributed by atoms with Crippen LogP contribution in [0.5, 0.6) is 5.75 Å². The molecule has 0 heterocycles. The third-order valence-corrected chi connectivity index (χ3v) is 6.11. The maximum Gasteiger partial charge on any atom is 0.339 e. The first-order valence-corrected chi connectivity index (χ1v) is 12.1. The van der Waals surface area contributed by atoms with Gasteiger partial charge in [-0.3, -0.25) is 14.9 Å². The van der Waals surface area contributed by atoms with Crippen LogP contribution in [-0.2, 0) is 19.4 Å². The number of aryl methyl sites for hydroxylation is 1. The molecule has 3 aromatic carbocycles. The second-order valence-corrected chi connectivity index (χ2v) is 9.58. The van der Waals surface area contributed by atoms with Gasteiger partial charge in [0.25, 0.3) is 11.6 Å². The van der Waals surface area contributed by atoms with Crippen LogP contribution >= 0.6 is 0 Å². The van der Waals surface area contributed by atoms with Crippen molar-refractivity contribution < 1.29 is 32.4 Å². The molecule has 182 valence electrons. The Morgan fingerprint density at radius 3 is 2.31 bits per heavy atom. The molecule has 0 fully saturated rings. The second kappa shape index (κ2) is 10.3. The summed E-state index contributed by atoms with van der Waals surface area (Å²) in [6, 6.07) is 16.2. The van der Waals surface area contributed by atoms with Gasteiger partial charge in [0, 0.05) is 17.9 Å². The van der Waals surface area contributed by atoms with Gasteiger partial charge in [0.2, 0.25) is 6.10 Å². The lowest BCUT2D eigenvalue weighted by Gasteiger charge is -2.19. The van der Waals surface area contributed by atoms with E-state index < -0.39 is 43.3 Å². The van der Waals surface area contributed by atoms with Gasteiger partial charge < -0.3 is 14.8 Å². The minimum Gasteiger partial charge on any atom is -0.495 e. The maximum atomic E-state index is 13.2. The van der Waals surface area contributed by atoms with Gasteiger partial charge in [-0.1, -0.05) is 36.4 Å². The first-order valence-electron chi connectivity index (χ1n) is 10.2. The molecule has 0 aromatic heterocycles. The molecule has 0 saturated heterocycles. The van der Waals surface area contributed by atoms with Crippen LogP contribution in [0.2, 0.25) is 0 Å². The Balaban J connectivity index is 1.96. The summed E-state index contributed by atoms with van der Waals surface area (Å²) in [4.78, 5) is 36.0. The van der Waals surface area contributed by atoms with Crippen molar-refractivity contribution in [2.24, 2.45) is 0 Å². The number of sulfone groups is 1. The van der Waals surface area contributed by atoms with E-state index in [9.17, 15) is 28.1 Å². The molecular formula is C24H22N2O8S. The molecule has 1 N–H and O–H groups in total. The lowest BCUT2D eigenvalue weighted by Crippen LogP contribution is -2.26. The Hall–Kier alpha value is -4.25. The number of amides is 1. The average Bonchev–Trinajstić information content (AvgIpc) is 2.82. The number of anilines is 1. The van der Waals surface area contributed by atoms with Crippen molar-refractivity contribution in [3.8, 4) is 5.75 Å². The minimum absolute atomic E-state index is 0.286. The van der Waals surface area contributed by atoms with Crippen LogP contribution in [0, 0.1) is 17.0 Å². The highest BCUT2D eigenvalue weighted by Gasteiger charge is 2.29. The number of rotatable bonds is 8. The van der Waals surface area contributed by atoms with Crippen LogP contribution in [0.25, 0.3) is 0 Å². The van der Waals surface area contributed by atoms with Crippen LogP contribution in [0.4, 0.5) is 11.4 Å². The van der Waals surface area contributed by atoms with E-state index in [0.717, 1.165) is 30.0 Å². The molecule has 1 amide bonds. The van der Waals surface area contributed by atoms with E-state index in [1.165, 1.54) is 7.11 Å². The van der Waals surface area contributed by atoms with Crippen molar-refractivity contribution >= 4 is 33.1 Å². The third-order valence-electron chi connectivity index (χ3n) is 4.97. The highest BCUT2D eigenvalue weighted by Crippen LogP contribution is 2.29. The molecule has 35 heavy (non-hydrogen) atoms. The van der Waals surface area contributed by atoms with E-state index in [0.29, 0.717) is 17.0 Å². The molecule has 0 aliphatic rings. The molecule has 3 aromatic rings. The normalized spacial score (nSPS) is 11.9. The maximum absolute atomic E-state index is 13.2. The zero-order valence-corrected chi connectivity index (χ0v) is 19.9. The quantitative estimate of drug-likeness (QED) is 0.280. The van der Waals surface area contributed by atoms with Gasteiger partial charge in [-0.15, -0.1) is 0 Å². The van der Waals surface area contributed by atoms with Crippen LogP contribution in [0.15, 0.2) is 71.6 Å². The van der Waals surface area contributed by atoms with E-state index in [-0.39, 0.29) is 5.56 Å². The van der Waals surface area contributed by atoms with Crippen LogP contribution in [0.1, 0.15) is 27.6 Å². The number of nitrogens with zero attached hydrogens (tertiary/aromatic N) is 1. The monoisotopic (exact) mass is 498 g/mol. The summed E-state index contributed by atoms with van der Waals surface area (Å²) in [6.45, 7) is 1.83. The predicted molar refractivity (Wildman–Crippen MR) is 127 cm³/mol. The smallest absolute Gasteiger partial charge is 0.339 e. The number of nitro benzene ring substituents is 1. The number of carbonyl (C=O) groups excluding carboxylic acids is 2. The average molecular weight is 499 g/mol. The van der Waals surface area contributed by atoms with Crippen molar-refractivity contribution in [3.63, 3.8) is 0 Å². The predicted octanol–water partition coefficient (Wildman–Crippen LogP) is 3.85. The van der Waals surface area contributed by atoms with Crippen molar-refractivity contribution in [1.82, 2.24) is 0 Å². The van der Waals surface area contributed by atoms with Gasteiger partial charge in [-0.05, 0) is 36.8 Å². The largest absolute Gasteiger partial charge is 0.495 e. The molecule has 11 heteroatoms. The highest BCUT2D eigenvalue weighted by atomic mass is 32.2. The highest BCUT2D eigenvalue weighted by molar-refractivity contribution is 7.90.